The third-order valence-corrected chi connectivity index (χ3v) is 4.50. The maximum absolute atomic E-state index is 13.8. The predicted molar refractivity (Wildman–Crippen MR) is 87.1 cm³/mol. The molecular formula is C17H13FN4S. The Morgan fingerprint density at radius 1 is 0.913 bits per heavy atom. The fraction of sp³-hybridized carbons (Fsp3) is 0.118. The Kier molecular flexibility index (Phi) is 3.59. The van der Waals surface area contributed by atoms with Gasteiger partial charge >= 0.3 is 0 Å². The molecule has 4 aromatic rings. The van der Waals surface area contributed by atoms with Gasteiger partial charge in [-0.1, -0.05) is 59.9 Å². The van der Waals surface area contributed by atoms with Gasteiger partial charge in [-0.2, -0.15) is 9.61 Å². The smallest absolute Gasteiger partial charge is 0.207 e. The number of hydrogen-bond donors (Lipinski definition) is 0. The van der Waals surface area contributed by atoms with Crippen LogP contribution in [0, 0.1) is 5.82 Å². The van der Waals surface area contributed by atoms with E-state index in [2.05, 4.69) is 15.3 Å². The molecule has 4 rings (SSSR count). The molecule has 0 saturated carbocycles. The van der Waals surface area contributed by atoms with Gasteiger partial charge in [0.2, 0.25) is 4.96 Å². The Hall–Kier alpha value is -2.60. The molecule has 23 heavy (non-hydrogen) atoms. The fourth-order valence-electron chi connectivity index (χ4n) is 2.46. The first-order valence-corrected chi connectivity index (χ1v) is 8.08. The largest absolute Gasteiger partial charge is 0.234 e. The predicted octanol–water partition coefficient (Wildman–Crippen LogP) is 3.51. The van der Waals surface area contributed by atoms with Crippen LogP contribution in [0.25, 0.3) is 4.96 Å². The zero-order valence-electron chi connectivity index (χ0n) is 12.2. The van der Waals surface area contributed by atoms with Gasteiger partial charge in [0.1, 0.15) is 10.8 Å². The lowest BCUT2D eigenvalue weighted by molar-refractivity contribution is 0.613. The van der Waals surface area contributed by atoms with Crippen molar-refractivity contribution in [3.63, 3.8) is 0 Å². The first-order chi connectivity index (χ1) is 11.3. The molecule has 0 spiro atoms. The van der Waals surface area contributed by atoms with Crippen LogP contribution in [-0.2, 0) is 12.8 Å². The number of aromatic nitrogens is 4. The van der Waals surface area contributed by atoms with Gasteiger partial charge in [-0.3, -0.25) is 0 Å². The van der Waals surface area contributed by atoms with Crippen molar-refractivity contribution >= 4 is 16.3 Å². The molecule has 0 unspecified atom stereocenters. The highest BCUT2D eigenvalue weighted by Gasteiger charge is 2.13. The van der Waals surface area contributed by atoms with E-state index in [1.807, 2.05) is 36.4 Å². The molecule has 0 bridgehead atoms. The van der Waals surface area contributed by atoms with Gasteiger partial charge in [-0.15, -0.1) is 10.2 Å². The van der Waals surface area contributed by atoms with Crippen molar-refractivity contribution in [3.8, 4) is 0 Å². The summed E-state index contributed by atoms with van der Waals surface area (Å²) in [5.74, 6) is 0.588. The van der Waals surface area contributed by atoms with Crippen LogP contribution in [0.5, 0.6) is 0 Å². The Balaban J connectivity index is 1.63. The summed E-state index contributed by atoms with van der Waals surface area (Å²) in [4.78, 5) is 0.738. The van der Waals surface area contributed by atoms with Gasteiger partial charge in [-0.25, -0.2) is 4.39 Å². The average molecular weight is 324 g/mol. The zero-order valence-corrected chi connectivity index (χ0v) is 13.0. The maximum Gasteiger partial charge on any atom is 0.234 e. The molecule has 114 valence electrons. The molecule has 0 radical (unpaired) electrons. The highest BCUT2D eigenvalue weighted by atomic mass is 32.1. The summed E-state index contributed by atoms with van der Waals surface area (Å²) in [5.41, 5.74) is 1.80. The third-order valence-electron chi connectivity index (χ3n) is 3.60. The molecule has 0 aliphatic rings. The quantitative estimate of drug-likeness (QED) is 0.577. The lowest BCUT2D eigenvalue weighted by Gasteiger charge is -1.99. The lowest BCUT2D eigenvalue weighted by atomic mass is 10.1. The Morgan fingerprint density at radius 2 is 1.70 bits per heavy atom. The molecule has 0 aliphatic heterocycles. The van der Waals surface area contributed by atoms with E-state index in [0.717, 1.165) is 21.4 Å². The van der Waals surface area contributed by atoms with Crippen LogP contribution in [0.1, 0.15) is 22.0 Å². The van der Waals surface area contributed by atoms with E-state index >= 15 is 0 Å². The van der Waals surface area contributed by atoms with E-state index in [9.17, 15) is 4.39 Å². The van der Waals surface area contributed by atoms with Crippen LogP contribution in [0.15, 0.2) is 54.6 Å². The molecule has 6 heteroatoms. The minimum absolute atomic E-state index is 0.206. The molecule has 0 amide bonds. The molecule has 2 aromatic heterocycles. The Labute approximate surface area is 136 Å². The molecule has 2 heterocycles. The fourth-order valence-corrected chi connectivity index (χ4v) is 3.34. The molecule has 0 aliphatic carbocycles. The van der Waals surface area contributed by atoms with E-state index in [1.165, 1.54) is 17.4 Å². The minimum Gasteiger partial charge on any atom is -0.207 e. The number of nitrogens with zero attached hydrogens (tertiary/aromatic N) is 4. The standard InChI is InChI=1S/C17H13FN4S/c18-14-9-5-4-8-13(14)11-16-21-22-15(19-20-17(22)23-16)10-12-6-2-1-3-7-12/h1-9H,10-11H2. The molecule has 0 N–H and O–H groups in total. The van der Waals surface area contributed by atoms with Crippen LogP contribution in [0.2, 0.25) is 0 Å². The van der Waals surface area contributed by atoms with Gasteiger partial charge in [0.05, 0.1) is 0 Å². The van der Waals surface area contributed by atoms with Crippen LogP contribution in [0.4, 0.5) is 4.39 Å². The van der Waals surface area contributed by atoms with Crippen LogP contribution >= 0.6 is 11.3 Å². The third kappa shape index (κ3) is 2.85. The van der Waals surface area contributed by atoms with Gasteiger partial charge in [-0.05, 0) is 17.2 Å². The summed E-state index contributed by atoms with van der Waals surface area (Å²) >= 11 is 1.44. The molecule has 4 nitrogen and oxygen atoms in total. The van der Waals surface area contributed by atoms with Crippen molar-refractivity contribution in [2.24, 2.45) is 0 Å². The molecule has 0 atom stereocenters. The summed E-state index contributed by atoms with van der Waals surface area (Å²) < 4.78 is 15.5. The highest BCUT2D eigenvalue weighted by Crippen LogP contribution is 2.20. The first kappa shape index (κ1) is 14.0. The first-order valence-electron chi connectivity index (χ1n) is 7.27. The number of hydrogen-bond acceptors (Lipinski definition) is 4. The SMILES string of the molecule is Fc1ccccc1Cc1nn2c(Cc3ccccc3)nnc2s1. The second kappa shape index (κ2) is 5.89. The normalized spacial score (nSPS) is 11.2. The zero-order chi connectivity index (χ0) is 15.6. The number of rotatable bonds is 4. The summed E-state index contributed by atoms with van der Waals surface area (Å²) in [5, 5.41) is 13.8. The monoisotopic (exact) mass is 324 g/mol. The second-order valence-corrected chi connectivity index (χ2v) is 6.28. The van der Waals surface area contributed by atoms with Crippen molar-refractivity contribution in [2.75, 3.05) is 0 Å². The molecule has 0 saturated heterocycles. The highest BCUT2D eigenvalue weighted by molar-refractivity contribution is 7.16. The number of fused-ring (bicyclic) bond motifs is 1. The Morgan fingerprint density at radius 3 is 2.52 bits per heavy atom. The van der Waals surface area contributed by atoms with Crippen molar-refractivity contribution in [3.05, 3.63) is 82.4 Å². The van der Waals surface area contributed by atoms with Crippen molar-refractivity contribution in [2.45, 2.75) is 12.8 Å². The van der Waals surface area contributed by atoms with E-state index < -0.39 is 0 Å². The van der Waals surface area contributed by atoms with Crippen molar-refractivity contribution in [1.29, 1.82) is 0 Å². The average Bonchev–Trinajstić information content (AvgIpc) is 3.12. The van der Waals surface area contributed by atoms with E-state index in [1.54, 1.807) is 16.6 Å². The summed E-state index contributed by atoms with van der Waals surface area (Å²) in [6, 6.07) is 16.9. The number of benzene rings is 2. The van der Waals surface area contributed by atoms with Gasteiger partial charge in [0.25, 0.3) is 0 Å². The van der Waals surface area contributed by atoms with Crippen LogP contribution in [-0.4, -0.2) is 19.8 Å². The van der Waals surface area contributed by atoms with Crippen LogP contribution in [0.3, 0.4) is 0 Å². The van der Waals surface area contributed by atoms with Crippen LogP contribution < -0.4 is 0 Å². The summed E-state index contributed by atoms with van der Waals surface area (Å²) in [7, 11) is 0. The molecule has 0 fully saturated rings. The van der Waals surface area contributed by atoms with Gasteiger partial charge < -0.3 is 0 Å². The maximum atomic E-state index is 13.8. The van der Waals surface area contributed by atoms with E-state index in [0.29, 0.717) is 18.4 Å². The second-order valence-electron chi connectivity index (χ2n) is 5.24. The van der Waals surface area contributed by atoms with E-state index in [-0.39, 0.29) is 5.82 Å². The topological polar surface area (TPSA) is 43.1 Å². The van der Waals surface area contributed by atoms with Crippen molar-refractivity contribution in [1.82, 2.24) is 19.8 Å². The Bertz CT molecular complexity index is 946. The minimum atomic E-state index is -0.206. The molecular weight excluding hydrogens is 311 g/mol. The lowest BCUT2D eigenvalue weighted by Crippen LogP contribution is -1.99. The van der Waals surface area contributed by atoms with Crippen molar-refractivity contribution < 1.29 is 4.39 Å². The number of halogens is 1. The summed E-state index contributed by atoms with van der Waals surface area (Å²) in [6.45, 7) is 0. The van der Waals surface area contributed by atoms with Gasteiger partial charge in [0.15, 0.2) is 5.82 Å². The molecule has 2 aromatic carbocycles. The van der Waals surface area contributed by atoms with E-state index in [4.69, 9.17) is 0 Å². The van der Waals surface area contributed by atoms with Gasteiger partial charge in [0, 0.05) is 12.8 Å². The summed E-state index contributed by atoms with van der Waals surface area (Å²) in [6.07, 6.45) is 1.14.